The van der Waals surface area contributed by atoms with Crippen LogP contribution in [0.25, 0.3) is 0 Å². The Balaban J connectivity index is 1.49. The lowest BCUT2D eigenvalue weighted by Crippen LogP contribution is -2.48. The molecule has 0 saturated carbocycles. The second-order valence-electron chi connectivity index (χ2n) is 7.37. The minimum Gasteiger partial charge on any atom is -0.326 e. The van der Waals surface area contributed by atoms with Crippen LogP contribution in [-0.4, -0.2) is 49.7 Å². The van der Waals surface area contributed by atoms with Crippen molar-refractivity contribution in [1.29, 1.82) is 0 Å². The van der Waals surface area contributed by atoms with Gasteiger partial charge in [0.25, 0.3) is 0 Å². The summed E-state index contributed by atoms with van der Waals surface area (Å²) in [6, 6.07) is 6.86. The van der Waals surface area contributed by atoms with Crippen LogP contribution in [0.15, 0.2) is 35.2 Å². The summed E-state index contributed by atoms with van der Waals surface area (Å²) < 4.78 is 55.9. The zero-order valence-electron chi connectivity index (χ0n) is 16.0. The number of anilines is 1. The summed E-state index contributed by atoms with van der Waals surface area (Å²) in [5, 5.41) is 2.89. The Bertz CT molecular complexity index is 1080. The molecule has 0 aromatic heterocycles. The molecular weight excluding hydrogens is 436 g/mol. The highest BCUT2D eigenvalue weighted by molar-refractivity contribution is 7.89. The van der Waals surface area contributed by atoms with Gasteiger partial charge >= 0.3 is 0 Å². The van der Waals surface area contributed by atoms with Gasteiger partial charge in [-0.05, 0) is 36.2 Å². The summed E-state index contributed by atoms with van der Waals surface area (Å²) in [7, 11) is -4.03. The third kappa shape index (κ3) is 4.07. The third-order valence-electron chi connectivity index (χ3n) is 5.45. The third-order valence-corrected chi connectivity index (χ3v) is 7.71. The van der Waals surface area contributed by atoms with Gasteiger partial charge in [0.15, 0.2) is 0 Å². The van der Waals surface area contributed by atoms with Gasteiger partial charge in [0.2, 0.25) is 15.9 Å². The van der Waals surface area contributed by atoms with Crippen LogP contribution >= 0.6 is 11.6 Å². The molecule has 0 bridgehead atoms. The van der Waals surface area contributed by atoms with E-state index >= 15 is 0 Å². The van der Waals surface area contributed by atoms with E-state index < -0.39 is 21.7 Å². The molecule has 0 spiro atoms. The summed E-state index contributed by atoms with van der Waals surface area (Å²) in [5.74, 6) is -1.51. The van der Waals surface area contributed by atoms with Gasteiger partial charge in [-0.15, -0.1) is 0 Å². The largest absolute Gasteiger partial charge is 0.326 e. The fourth-order valence-electron chi connectivity index (χ4n) is 3.75. The maximum atomic E-state index is 14.6. The molecule has 160 valence electrons. The maximum Gasteiger partial charge on any atom is 0.246 e. The fraction of sp³-hybridized carbons (Fsp3) is 0.350. The normalized spacial score (nSPS) is 18.2. The van der Waals surface area contributed by atoms with Gasteiger partial charge in [0.05, 0.1) is 0 Å². The number of carbonyl (C=O) groups is 1. The maximum absolute atomic E-state index is 14.6. The van der Waals surface area contributed by atoms with E-state index in [2.05, 4.69) is 5.32 Å². The number of fused-ring (bicyclic) bond motifs is 1. The molecule has 0 atom stereocenters. The summed E-state index contributed by atoms with van der Waals surface area (Å²) in [4.78, 5) is 13.0. The van der Waals surface area contributed by atoms with Gasteiger partial charge in [0, 0.05) is 55.4 Å². The first-order chi connectivity index (χ1) is 14.3. The molecule has 10 heteroatoms. The van der Waals surface area contributed by atoms with Gasteiger partial charge in [-0.3, -0.25) is 9.69 Å². The number of piperazine rings is 1. The molecular formula is C20H20ClF2N3O3S. The van der Waals surface area contributed by atoms with Crippen molar-refractivity contribution in [2.75, 3.05) is 31.5 Å². The fourth-order valence-corrected chi connectivity index (χ4v) is 5.49. The Kier molecular flexibility index (Phi) is 5.80. The number of nitrogens with one attached hydrogen (secondary N) is 1. The first kappa shape index (κ1) is 21.2. The average molecular weight is 456 g/mol. The molecule has 1 fully saturated rings. The highest BCUT2D eigenvalue weighted by Gasteiger charge is 2.32. The molecule has 2 aromatic rings. The highest BCUT2D eigenvalue weighted by atomic mass is 35.5. The van der Waals surface area contributed by atoms with E-state index in [-0.39, 0.29) is 36.9 Å². The van der Waals surface area contributed by atoms with E-state index in [4.69, 9.17) is 11.6 Å². The van der Waals surface area contributed by atoms with Crippen molar-refractivity contribution >= 4 is 33.2 Å². The topological polar surface area (TPSA) is 69.7 Å². The van der Waals surface area contributed by atoms with E-state index in [1.807, 2.05) is 4.90 Å². The molecule has 0 unspecified atom stereocenters. The molecule has 2 aromatic carbocycles. The molecule has 1 N–H and O–H groups in total. The zero-order valence-corrected chi connectivity index (χ0v) is 17.6. The van der Waals surface area contributed by atoms with Gasteiger partial charge < -0.3 is 5.32 Å². The Morgan fingerprint density at radius 3 is 2.47 bits per heavy atom. The lowest BCUT2D eigenvalue weighted by Gasteiger charge is -2.34. The summed E-state index contributed by atoms with van der Waals surface area (Å²) >= 11 is 6.07. The zero-order chi connectivity index (χ0) is 21.5. The molecule has 1 amide bonds. The van der Waals surface area contributed by atoms with Crippen LogP contribution in [0.4, 0.5) is 14.5 Å². The van der Waals surface area contributed by atoms with Gasteiger partial charge in [0.1, 0.15) is 16.5 Å². The lowest BCUT2D eigenvalue weighted by atomic mass is 10.0. The van der Waals surface area contributed by atoms with Crippen LogP contribution in [0.2, 0.25) is 5.02 Å². The van der Waals surface area contributed by atoms with Crippen molar-refractivity contribution in [3.8, 4) is 0 Å². The van der Waals surface area contributed by atoms with Crippen molar-refractivity contribution in [3.05, 3.63) is 58.1 Å². The van der Waals surface area contributed by atoms with E-state index in [0.717, 1.165) is 6.07 Å². The van der Waals surface area contributed by atoms with E-state index in [1.54, 1.807) is 6.07 Å². The van der Waals surface area contributed by atoms with Crippen LogP contribution < -0.4 is 5.32 Å². The second-order valence-corrected chi connectivity index (χ2v) is 9.68. The first-order valence-corrected chi connectivity index (χ1v) is 11.3. The number of sulfonamides is 1. The van der Waals surface area contributed by atoms with Crippen molar-refractivity contribution in [3.63, 3.8) is 0 Å². The minimum atomic E-state index is -4.03. The number of aryl methyl sites for hydroxylation is 1. The Hall–Kier alpha value is -2.07. The summed E-state index contributed by atoms with van der Waals surface area (Å²) in [6.45, 7) is 1.31. The number of halogens is 3. The van der Waals surface area contributed by atoms with Gasteiger partial charge in [-0.25, -0.2) is 17.2 Å². The van der Waals surface area contributed by atoms with Crippen LogP contribution in [0, 0.1) is 11.6 Å². The average Bonchev–Trinajstić information content (AvgIpc) is 2.70. The monoisotopic (exact) mass is 455 g/mol. The highest BCUT2D eigenvalue weighted by Crippen LogP contribution is 2.30. The standard InChI is InChI=1S/C20H20ClF2N3O3S/c21-15-2-1-3-16(22)14(15)12-25-6-8-26(9-7-25)30(28,29)19-10-13-4-5-20(27)24-18(13)11-17(19)23/h1-3,10-11H,4-9,12H2,(H,24,27). The van der Waals surface area contributed by atoms with Crippen LogP contribution in [0.5, 0.6) is 0 Å². The molecule has 1 saturated heterocycles. The van der Waals surface area contributed by atoms with Crippen molar-refractivity contribution in [1.82, 2.24) is 9.21 Å². The van der Waals surface area contributed by atoms with Crippen molar-refractivity contribution in [2.24, 2.45) is 0 Å². The molecule has 2 aliphatic rings. The van der Waals surface area contributed by atoms with E-state index in [1.165, 1.54) is 22.5 Å². The number of carbonyl (C=O) groups excluding carboxylic acids is 1. The summed E-state index contributed by atoms with van der Waals surface area (Å²) in [5.41, 5.74) is 1.29. The predicted octanol–water partition coefficient (Wildman–Crippen LogP) is 3.01. The van der Waals surface area contributed by atoms with Gasteiger partial charge in [-0.2, -0.15) is 4.31 Å². The number of hydrogen-bond acceptors (Lipinski definition) is 4. The minimum absolute atomic E-state index is 0.154. The van der Waals surface area contributed by atoms with Crippen molar-refractivity contribution < 1.29 is 22.0 Å². The van der Waals surface area contributed by atoms with Crippen LogP contribution in [0.1, 0.15) is 17.5 Å². The number of rotatable bonds is 4. The quantitative estimate of drug-likeness (QED) is 0.769. The molecule has 6 nitrogen and oxygen atoms in total. The van der Waals surface area contributed by atoms with E-state index in [0.29, 0.717) is 41.3 Å². The second kappa shape index (κ2) is 8.22. The predicted molar refractivity (Wildman–Crippen MR) is 109 cm³/mol. The Morgan fingerprint density at radius 2 is 1.77 bits per heavy atom. The molecule has 30 heavy (non-hydrogen) atoms. The summed E-state index contributed by atoms with van der Waals surface area (Å²) in [6.07, 6.45) is 0.594. The van der Waals surface area contributed by atoms with Crippen LogP contribution in [0.3, 0.4) is 0 Å². The molecule has 2 heterocycles. The SMILES string of the molecule is O=C1CCc2cc(S(=O)(=O)N3CCN(Cc4c(F)cccc4Cl)CC3)c(F)cc2N1. The number of hydrogen-bond donors (Lipinski definition) is 1. The first-order valence-electron chi connectivity index (χ1n) is 9.53. The molecule has 0 radical (unpaired) electrons. The molecule has 4 rings (SSSR count). The Morgan fingerprint density at radius 1 is 1.03 bits per heavy atom. The number of amides is 1. The smallest absolute Gasteiger partial charge is 0.246 e. The molecule has 2 aliphatic heterocycles. The number of nitrogens with zero attached hydrogens (tertiary/aromatic N) is 2. The van der Waals surface area contributed by atoms with E-state index in [9.17, 15) is 22.0 Å². The van der Waals surface area contributed by atoms with Crippen molar-refractivity contribution in [2.45, 2.75) is 24.3 Å². The van der Waals surface area contributed by atoms with Crippen LogP contribution in [-0.2, 0) is 27.8 Å². The number of benzene rings is 2. The van der Waals surface area contributed by atoms with Gasteiger partial charge in [-0.1, -0.05) is 17.7 Å². The lowest BCUT2D eigenvalue weighted by molar-refractivity contribution is -0.116. The Labute approximate surface area is 178 Å². The molecule has 0 aliphatic carbocycles.